The van der Waals surface area contributed by atoms with Crippen LogP contribution < -0.4 is 4.74 Å². The van der Waals surface area contributed by atoms with Crippen molar-refractivity contribution in [3.05, 3.63) is 65.2 Å². The van der Waals surface area contributed by atoms with Crippen molar-refractivity contribution in [1.29, 1.82) is 0 Å². The minimum absolute atomic E-state index is 0.0852. The number of phenolic OH excluding ortho intramolecular Hbond substituents is 1. The molecule has 0 aliphatic rings. The van der Waals surface area contributed by atoms with E-state index >= 15 is 0 Å². The van der Waals surface area contributed by atoms with E-state index in [1.165, 1.54) is 17.4 Å². The molecule has 0 radical (unpaired) electrons. The van der Waals surface area contributed by atoms with E-state index in [0.717, 1.165) is 10.4 Å². The molecule has 0 aliphatic carbocycles. The van der Waals surface area contributed by atoms with E-state index in [2.05, 4.69) is 4.98 Å². The Bertz CT molecular complexity index is 809. The summed E-state index contributed by atoms with van der Waals surface area (Å²) in [4.78, 5) is 18.1. The molecular weight excluding hydrogens is 298 g/mol. The van der Waals surface area contributed by atoms with Gasteiger partial charge >= 0.3 is 0 Å². The van der Waals surface area contributed by atoms with E-state index in [1.807, 2.05) is 12.1 Å². The van der Waals surface area contributed by atoms with E-state index in [-0.39, 0.29) is 11.5 Å². The summed E-state index contributed by atoms with van der Waals surface area (Å²) in [5.41, 5.74) is 1.40. The summed E-state index contributed by atoms with van der Waals surface area (Å²) in [6.07, 6.45) is 1.72. The van der Waals surface area contributed by atoms with Crippen LogP contribution in [0.3, 0.4) is 0 Å². The third-order valence-electron chi connectivity index (χ3n) is 3.17. The van der Waals surface area contributed by atoms with E-state index < -0.39 is 0 Å². The van der Waals surface area contributed by atoms with Gasteiger partial charge in [-0.3, -0.25) is 4.79 Å². The first-order valence-corrected chi connectivity index (χ1v) is 7.43. The molecule has 0 saturated heterocycles. The number of nitrogens with zero attached hydrogens (tertiary/aromatic N) is 1. The van der Waals surface area contributed by atoms with Crippen LogP contribution in [0.2, 0.25) is 0 Å². The number of hydrogen-bond donors (Lipinski definition) is 1. The molecule has 0 bridgehead atoms. The SMILES string of the molecule is COc1ccc(-c2ccc(C(=O)c3cccc(O)c3)s2)cn1. The number of carbonyl (C=O) groups excluding carboxylic acids is 1. The first kappa shape index (κ1) is 14.3. The molecule has 5 heteroatoms. The summed E-state index contributed by atoms with van der Waals surface area (Å²) < 4.78 is 5.03. The van der Waals surface area contributed by atoms with Crippen LogP contribution in [0.1, 0.15) is 15.2 Å². The molecule has 0 fully saturated rings. The maximum atomic E-state index is 12.4. The molecule has 0 aliphatic heterocycles. The summed E-state index contributed by atoms with van der Waals surface area (Å²) in [5.74, 6) is 0.534. The molecule has 2 heterocycles. The lowest BCUT2D eigenvalue weighted by Gasteiger charge is -2.00. The highest BCUT2D eigenvalue weighted by atomic mass is 32.1. The van der Waals surface area contributed by atoms with Crippen LogP contribution in [0.15, 0.2) is 54.7 Å². The van der Waals surface area contributed by atoms with Crippen LogP contribution in [0.5, 0.6) is 11.6 Å². The van der Waals surface area contributed by atoms with Crippen LogP contribution in [0.4, 0.5) is 0 Å². The van der Waals surface area contributed by atoms with Crippen molar-refractivity contribution in [2.24, 2.45) is 0 Å². The second kappa shape index (κ2) is 5.99. The second-order valence-corrected chi connectivity index (χ2v) is 5.72. The number of hydrogen-bond acceptors (Lipinski definition) is 5. The molecule has 3 rings (SSSR count). The number of ether oxygens (including phenoxy) is 1. The highest BCUT2D eigenvalue weighted by Gasteiger charge is 2.13. The van der Waals surface area contributed by atoms with Crippen molar-refractivity contribution >= 4 is 17.1 Å². The Kier molecular flexibility index (Phi) is 3.89. The fourth-order valence-electron chi connectivity index (χ4n) is 2.05. The average Bonchev–Trinajstić information content (AvgIpc) is 3.04. The first-order valence-electron chi connectivity index (χ1n) is 6.61. The molecular formula is C17H13NO3S. The molecule has 1 aromatic carbocycles. The second-order valence-electron chi connectivity index (χ2n) is 4.63. The van der Waals surface area contributed by atoms with E-state index in [4.69, 9.17) is 4.74 Å². The number of aromatic hydroxyl groups is 1. The lowest BCUT2D eigenvalue weighted by Crippen LogP contribution is -1.97. The Morgan fingerprint density at radius 3 is 2.73 bits per heavy atom. The molecule has 4 nitrogen and oxygen atoms in total. The van der Waals surface area contributed by atoms with Crippen molar-refractivity contribution in [2.45, 2.75) is 0 Å². The quantitative estimate of drug-likeness (QED) is 0.745. The van der Waals surface area contributed by atoms with Crippen molar-refractivity contribution in [3.63, 3.8) is 0 Å². The highest BCUT2D eigenvalue weighted by Crippen LogP contribution is 2.30. The minimum atomic E-state index is -0.103. The van der Waals surface area contributed by atoms with Gasteiger partial charge in [0.1, 0.15) is 5.75 Å². The number of rotatable bonds is 4. The van der Waals surface area contributed by atoms with Gasteiger partial charge in [-0.1, -0.05) is 12.1 Å². The largest absolute Gasteiger partial charge is 0.508 e. The van der Waals surface area contributed by atoms with Gasteiger partial charge in [0.25, 0.3) is 0 Å². The smallest absolute Gasteiger partial charge is 0.212 e. The summed E-state index contributed by atoms with van der Waals surface area (Å²) in [6, 6.07) is 13.7. The van der Waals surface area contributed by atoms with Crippen LogP contribution >= 0.6 is 11.3 Å². The molecule has 0 unspecified atom stereocenters. The fraction of sp³-hybridized carbons (Fsp3) is 0.0588. The third-order valence-corrected chi connectivity index (χ3v) is 4.30. The van der Waals surface area contributed by atoms with Crippen molar-refractivity contribution in [2.75, 3.05) is 7.11 Å². The zero-order valence-corrected chi connectivity index (χ0v) is 12.6. The lowest BCUT2D eigenvalue weighted by molar-refractivity contribution is 0.104. The van der Waals surface area contributed by atoms with E-state index in [0.29, 0.717) is 16.3 Å². The number of methoxy groups -OCH3 is 1. The van der Waals surface area contributed by atoms with Crippen LogP contribution in [-0.2, 0) is 0 Å². The van der Waals surface area contributed by atoms with E-state index in [9.17, 15) is 9.90 Å². The van der Waals surface area contributed by atoms with Gasteiger partial charge < -0.3 is 9.84 Å². The Hall–Kier alpha value is -2.66. The molecule has 0 atom stereocenters. The van der Waals surface area contributed by atoms with Gasteiger partial charge in [-0.05, 0) is 30.3 Å². The third kappa shape index (κ3) is 2.84. The topological polar surface area (TPSA) is 59.4 Å². The normalized spacial score (nSPS) is 10.4. The number of benzene rings is 1. The van der Waals surface area contributed by atoms with Gasteiger partial charge in [0.05, 0.1) is 12.0 Å². The summed E-state index contributed by atoms with van der Waals surface area (Å²) >= 11 is 1.40. The lowest BCUT2D eigenvalue weighted by atomic mass is 10.1. The molecule has 110 valence electrons. The maximum Gasteiger partial charge on any atom is 0.212 e. The van der Waals surface area contributed by atoms with Crippen molar-refractivity contribution < 1.29 is 14.6 Å². The predicted molar refractivity (Wildman–Crippen MR) is 85.6 cm³/mol. The fourth-order valence-corrected chi connectivity index (χ4v) is 3.01. The number of thiophene rings is 1. The molecule has 2 aromatic heterocycles. The first-order chi connectivity index (χ1) is 10.7. The molecule has 22 heavy (non-hydrogen) atoms. The number of pyridine rings is 1. The minimum Gasteiger partial charge on any atom is -0.508 e. The van der Waals surface area contributed by atoms with Gasteiger partial charge in [0.2, 0.25) is 11.7 Å². The number of phenols is 1. The monoisotopic (exact) mass is 311 g/mol. The maximum absolute atomic E-state index is 12.4. The Morgan fingerprint density at radius 1 is 1.18 bits per heavy atom. The van der Waals surface area contributed by atoms with Crippen LogP contribution in [0.25, 0.3) is 10.4 Å². The molecule has 0 amide bonds. The Balaban J connectivity index is 1.88. The number of ketones is 1. The zero-order valence-electron chi connectivity index (χ0n) is 11.8. The summed E-state index contributed by atoms with van der Waals surface area (Å²) in [5, 5.41) is 9.47. The molecule has 0 spiro atoms. The highest BCUT2D eigenvalue weighted by molar-refractivity contribution is 7.17. The van der Waals surface area contributed by atoms with Gasteiger partial charge in [0.15, 0.2) is 0 Å². The van der Waals surface area contributed by atoms with Crippen molar-refractivity contribution in [3.8, 4) is 22.1 Å². The van der Waals surface area contributed by atoms with Gasteiger partial charge in [-0.15, -0.1) is 11.3 Å². The van der Waals surface area contributed by atoms with Gasteiger partial charge in [-0.2, -0.15) is 0 Å². The van der Waals surface area contributed by atoms with Crippen molar-refractivity contribution in [1.82, 2.24) is 4.98 Å². The number of carbonyl (C=O) groups is 1. The van der Waals surface area contributed by atoms with Crippen LogP contribution in [-0.4, -0.2) is 23.0 Å². The van der Waals surface area contributed by atoms with Crippen LogP contribution in [0, 0.1) is 0 Å². The van der Waals surface area contributed by atoms with Gasteiger partial charge in [0, 0.05) is 28.3 Å². The Morgan fingerprint density at radius 2 is 2.05 bits per heavy atom. The molecule has 3 aromatic rings. The molecule has 1 N–H and O–H groups in total. The average molecular weight is 311 g/mol. The standard InChI is InChI=1S/C17H13NO3S/c1-21-16-8-5-12(10-18-16)14-6-7-15(22-14)17(20)11-3-2-4-13(19)9-11/h2-10,19H,1H3. The summed E-state index contributed by atoms with van der Waals surface area (Å²) in [6.45, 7) is 0. The Labute approximate surface area is 131 Å². The molecule has 0 saturated carbocycles. The number of aromatic nitrogens is 1. The zero-order chi connectivity index (χ0) is 15.5. The van der Waals surface area contributed by atoms with Gasteiger partial charge in [-0.25, -0.2) is 4.98 Å². The predicted octanol–water partition coefficient (Wildman–Crippen LogP) is 3.76. The summed E-state index contributed by atoms with van der Waals surface area (Å²) in [7, 11) is 1.57. The van der Waals surface area contributed by atoms with E-state index in [1.54, 1.807) is 43.6 Å².